The van der Waals surface area contributed by atoms with Crippen molar-refractivity contribution in [1.82, 2.24) is 9.97 Å². The van der Waals surface area contributed by atoms with Gasteiger partial charge in [-0.25, -0.2) is 19.4 Å². The highest BCUT2D eigenvalue weighted by molar-refractivity contribution is 6.32. The van der Waals surface area contributed by atoms with Crippen LogP contribution in [-0.4, -0.2) is 40.4 Å². The Labute approximate surface area is 211 Å². The van der Waals surface area contributed by atoms with Gasteiger partial charge in [0.05, 0.1) is 16.6 Å². The molecule has 0 saturated carbocycles. The fourth-order valence-electron chi connectivity index (χ4n) is 3.76. The SMILES string of the molecule is OCC[C@H]1COC(Nc2ccc3ncnc(Nc4ccc(OCc5cccc(F)c5)c(Cl)c4)c3c2)=N1. The minimum Gasteiger partial charge on any atom is -0.487 e. The van der Waals surface area contributed by atoms with E-state index in [1.165, 1.54) is 18.5 Å². The summed E-state index contributed by atoms with van der Waals surface area (Å²) in [6, 6.07) is 17.6. The second-order valence-electron chi connectivity index (χ2n) is 8.18. The Morgan fingerprint density at radius 2 is 1.92 bits per heavy atom. The third-order valence-electron chi connectivity index (χ3n) is 5.54. The van der Waals surface area contributed by atoms with Gasteiger partial charge in [0, 0.05) is 23.4 Å². The number of hydrogen-bond acceptors (Lipinski definition) is 8. The standard InChI is InChI=1S/C26H23ClFN5O3/c27-22-12-19(5-7-24(22)35-13-16-2-1-3-17(28)10-16)31-25-21-11-18(4-6-23(21)29-15-30-25)32-26-33-20(8-9-34)14-36-26/h1-7,10-12,15,20,34H,8-9,13-14H2,(H,32,33)(H,29,30,31)/t20-/m0/s1. The van der Waals surface area contributed by atoms with Gasteiger partial charge < -0.3 is 25.2 Å². The van der Waals surface area contributed by atoms with Crippen molar-refractivity contribution in [2.24, 2.45) is 4.99 Å². The average molecular weight is 508 g/mol. The molecule has 0 bridgehead atoms. The Kier molecular flexibility index (Phi) is 7.11. The number of aromatic nitrogens is 2. The van der Waals surface area contributed by atoms with E-state index in [1.54, 1.807) is 24.3 Å². The summed E-state index contributed by atoms with van der Waals surface area (Å²) >= 11 is 6.44. The van der Waals surface area contributed by atoms with E-state index in [9.17, 15) is 4.39 Å². The molecule has 184 valence electrons. The summed E-state index contributed by atoms with van der Waals surface area (Å²) in [4.78, 5) is 13.2. The van der Waals surface area contributed by atoms with Crippen LogP contribution in [0.5, 0.6) is 5.75 Å². The molecule has 10 heteroatoms. The van der Waals surface area contributed by atoms with Gasteiger partial charge in [0.1, 0.15) is 36.9 Å². The molecular formula is C26H23ClFN5O3. The predicted molar refractivity (Wildman–Crippen MR) is 138 cm³/mol. The van der Waals surface area contributed by atoms with Crippen molar-refractivity contribution in [1.29, 1.82) is 0 Å². The van der Waals surface area contributed by atoms with Crippen LogP contribution in [0.1, 0.15) is 12.0 Å². The molecule has 1 aromatic heterocycles. The summed E-state index contributed by atoms with van der Waals surface area (Å²) in [5.41, 5.74) is 2.95. The van der Waals surface area contributed by atoms with Crippen LogP contribution >= 0.6 is 11.6 Å². The number of anilines is 3. The molecule has 0 amide bonds. The van der Waals surface area contributed by atoms with Crippen LogP contribution in [0.2, 0.25) is 5.02 Å². The molecule has 1 aliphatic rings. The smallest absolute Gasteiger partial charge is 0.289 e. The zero-order valence-corrected chi connectivity index (χ0v) is 19.9. The highest BCUT2D eigenvalue weighted by Gasteiger charge is 2.18. The summed E-state index contributed by atoms with van der Waals surface area (Å²) in [6.45, 7) is 0.707. The average Bonchev–Trinajstić information content (AvgIpc) is 3.31. The molecule has 5 rings (SSSR count). The van der Waals surface area contributed by atoms with E-state index in [-0.39, 0.29) is 25.1 Å². The first-order valence-corrected chi connectivity index (χ1v) is 11.7. The molecule has 3 aromatic carbocycles. The van der Waals surface area contributed by atoms with Gasteiger partial charge in [0.15, 0.2) is 0 Å². The van der Waals surface area contributed by atoms with Crippen LogP contribution < -0.4 is 15.4 Å². The molecule has 3 N–H and O–H groups in total. The number of ether oxygens (including phenoxy) is 2. The summed E-state index contributed by atoms with van der Waals surface area (Å²) in [7, 11) is 0. The largest absolute Gasteiger partial charge is 0.487 e. The first kappa shape index (κ1) is 23.8. The zero-order chi connectivity index (χ0) is 24.9. The minimum absolute atomic E-state index is 0.0518. The van der Waals surface area contributed by atoms with Crippen LogP contribution in [0, 0.1) is 5.82 Å². The third-order valence-corrected chi connectivity index (χ3v) is 5.83. The van der Waals surface area contributed by atoms with E-state index in [1.807, 2.05) is 24.3 Å². The molecule has 0 spiro atoms. The van der Waals surface area contributed by atoms with E-state index >= 15 is 0 Å². The normalized spacial score (nSPS) is 14.9. The number of aliphatic hydroxyl groups excluding tert-OH is 1. The number of rotatable bonds is 8. The molecule has 36 heavy (non-hydrogen) atoms. The number of hydrogen-bond donors (Lipinski definition) is 3. The van der Waals surface area contributed by atoms with Gasteiger partial charge in [-0.05, 0) is 60.5 Å². The second-order valence-corrected chi connectivity index (χ2v) is 8.59. The minimum atomic E-state index is -0.313. The molecule has 0 radical (unpaired) electrons. The number of fused-ring (bicyclic) bond motifs is 1. The highest BCUT2D eigenvalue weighted by atomic mass is 35.5. The number of nitrogens with zero attached hydrogens (tertiary/aromatic N) is 3. The monoisotopic (exact) mass is 507 g/mol. The molecule has 0 saturated heterocycles. The van der Waals surface area contributed by atoms with Gasteiger partial charge in [0.2, 0.25) is 0 Å². The van der Waals surface area contributed by atoms with Gasteiger partial charge in [0.25, 0.3) is 6.02 Å². The molecule has 1 aliphatic heterocycles. The Morgan fingerprint density at radius 3 is 2.75 bits per heavy atom. The van der Waals surface area contributed by atoms with Gasteiger partial charge in [-0.2, -0.15) is 0 Å². The third kappa shape index (κ3) is 5.64. The van der Waals surface area contributed by atoms with Crippen LogP contribution in [-0.2, 0) is 11.3 Å². The molecule has 2 heterocycles. The topological polar surface area (TPSA) is 101 Å². The number of aliphatic imine (C=N–C) groups is 1. The van der Waals surface area contributed by atoms with E-state index in [2.05, 4.69) is 25.6 Å². The van der Waals surface area contributed by atoms with Gasteiger partial charge >= 0.3 is 0 Å². The van der Waals surface area contributed by atoms with Crippen molar-refractivity contribution >= 4 is 45.7 Å². The van der Waals surface area contributed by atoms with Crippen molar-refractivity contribution in [3.8, 4) is 5.75 Å². The molecule has 4 aromatic rings. The maximum absolute atomic E-state index is 13.4. The fourth-order valence-corrected chi connectivity index (χ4v) is 3.99. The first-order chi connectivity index (χ1) is 17.6. The molecular weight excluding hydrogens is 485 g/mol. The van der Waals surface area contributed by atoms with E-state index in [4.69, 9.17) is 26.2 Å². The van der Waals surface area contributed by atoms with E-state index < -0.39 is 0 Å². The quantitative estimate of drug-likeness (QED) is 0.298. The van der Waals surface area contributed by atoms with Gasteiger partial charge in [-0.1, -0.05) is 23.7 Å². The maximum atomic E-state index is 13.4. The van der Waals surface area contributed by atoms with E-state index in [0.717, 1.165) is 16.6 Å². The number of benzene rings is 3. The van der Waals surface area contributed by atoms with Crippen LogP contribution in [0.4, 0.5) is 21.6 Å². The van der Waals surface area contributed by atoms with Gasteiger partial charge in [-0.15, -0.1) is 0 Å². The first-order valence-electron chi connectivity index (χ1n) is 11.3. The number of amidine groups is 1. The molecule has 0 fully saturated rings. The van der Waals surface area contributed by atoms with Crippen molar-refractivity contribution in [3.05, 3.63) is 83.4 Å². The summed E-state index contributed by atoms with van der Waals surface area (Å²) in [6.07, 6.45) is 2.04. The van der Waals surface area contributed by atoms with Gasteiger partial charge in [-0.3, -0.25) is 0 Å². The van der Waals surface area contributed by atoms with Crippen molar-refractivity contribution in [3.63, 3.8) is 0 Å². The molecule has 8 nitrogen and oxygen atoms in total. The Balaban J connectivity index is 1.31. The summed E-state index contributed by atoms with van der Waals surface area (Å²) in [5.74, 6) is 0.773. The zero-order valence-electron chi connectivity index (χ0n) is 19.1. The molecule has 1 atom stereocenters. The van der Waals surface area contributed by atoms with E-state index in [0.29, 0.717) is 46.9 Å². The lowest BCUT2D eigenvalue weighted by molar-refractivity contribution is 0.250. The van der Waals surface area contributed by atoms with Crippen LogP contribution in [0.25, 0.3) is 10.9 Å². The molecule has 0 aliphatic carbocycles. The Hall–Kier alpha value is -3.95. The Morgan fingerprint density at radius 1 is 1.06 bits per heavy atom. The maximum Gasteiger partial charge on any atom is 0.289 e. The Bertz CT molecular complexity index is 1420. The predicted octanol–water partition coefficient (Wildman–Crippen LogP) is 5.29. The van der Waals surface area contributed by atoms with Crippen LogP contribution in [0.3, 0.4) is 0 Å². The lowest BCUT2D eigenvalue weighted by Gasteiger charge is -2.13. The lowest BCUT2D eigenvalue weighted by Crippen LogP contribution is -2.12. The van der Waals surface area contributed by atoms with Crippen molar-refractivity contribution in [2.45, 2.75) is 19.1 Å². The molecule has 0 unspecified atom stereocenters. The second kappa shape index (κ2) is 10.8. The fraction of sp³-hybridized carbons (Fsp3) is 0.192. The number of aliphatic hydroxyl groups is 1. The summed E-state index contributed by atoms with van der Waals surface area (Å²) < 4.78 is 24.7. The van der Waals surface area contributed by atoms with Crippen molar-refractivity contribution in [2.75, 3.05) is 23.8 Å². The van der Waals surface area contributed by atoms with Crippen LogP contribution in [0.15, 0.2) is 72.0 Å². The number of halogens is 2. The number of nitrogens with one attached hydrogen (secondary N) is 2. The summed E-state index contributed by atoms with van der Waals surface area (Å²) in [5, 5.41) is 16.7. The van der Waals surface area contributed by atoms with Crippen molar-refractivity contribution < 1.29 is 19.0 Å². The highest BCUT2D eigenvalue weighted by Crippen LogP contribution is 2.31. The lowest BCUT2D eigenvalue weighted by atomic mass is 10.2.